The van der Waals surface area contributed by atoms with E-state index in [-0.39, 0.29) is 0 Å². The first kappa shape index (κ1) is 12.5. The minimum absolute atomic E-state index is 0.300. The predicted octanol–water partition coefficient (Wildman–Crippen LogP) is 2.84. The van der Waals surface area contributed by atoms with Crippen molar-refractivity contribution in [2.75, 3.05) is 6.54 Å². The molecule has 0 atom stereocenters. The summed E-state index contributed by atoms with van der Waals surface area (Å²) >= 11 is 7.70. The predicted molar refractivity (Wildman–Crippen MR) is 66.3 cm³/mol. The SMILES string of the molecule is CCCNC(=O)Oc1cc(Cl)ncc1I. The van der Waals surface area contributed by atoms with E-state index >= 15 is 0 Å². The van der Waals surface area contributed by atoms with E-state index in [1.54, 1.807) is 6.20 Å². The fourth-order valence-corrected chi connectivity index (χ4v) is 1.39. The first-order valence-corrected chi connectivity index (χ1v) is 5.86. The van der Waals surface area contributed by atoms with Gasteiger partial charge in [-0.25, -0.2) is 9.78 Å². The maximum Gasteiger partial charge on any atom is 0.412 e. The number of halogens is 2. The van der Waals surface area contributed by atoms with Gasteiger partial charge in [-0.3, -0.25) is 0 Å². The summed E-state index contributed by atoms with van der Waals surface area (Å²) in [5.41, 5.74) is 0. The number of pyridine rings is 1. The van der Waals surface area contributed by atoms with E-state index in [1.165, 1.54) is 6.07 Å². The Labute approximate surface area is 107 Å². The molecule has 0 unspecified atom stereocenters. The van der Waals surface area contributed by atoms with E-state index < -0.39 is 6.09 Å². The highest BCUT2D eigenvalue weighted by Gasteiger charge is 2.08. The third kappa shape index (κ3) is 4.21. The zero-order chi connectivity index (χ0) is 11.3. The Morgan fingerprint density at radius 2 is 2.47 bits per heavy atom. The summed E-state index contributed by atoms with van der Waals surface area (Å²) in [5, 5.41) is 2.90. The molecule has 82 valence electrons. The first-order valence-electron chi connectivity index (χ1n) is 4.40. The average molecular weight is 341 g/mol. The van der Waals surface area contributed by atoms with Crippen molar-refractivity contribution in [3.63, 3.8) is 0 Å². The number of ether oxygens (including phenoxy) is 1. The average Bonchev–Trinajstić information content (AvgIpc) is 2.20. The van der Waals surface area contributed by atoms with Gasteiger partial charge < -0.3 is 10.1 Å². The molecule has 15 heavy (non-hydrogen) atoms. The summed E-state index contributed by atoms with van der Waals surface area (Å²) in [6, 6.07) is 1.51. The number of carbonyl (C=O) groups excluding carboxylic acids is 1. The lowest BCUT2D eigenvalue weighted by Crippen LogP contribution is -2.27. The summed E-state index contributed by atoms with van der Waals surface area (Å²) < 4.78 is 5.79. The van der Waals surface area contributed by atoms with Crippen LogP contribution in [0.4, 0.5) is 4.79 Å². The molecule has 6 heteroatoms. The Morgan fingerprint density at radius 3 is 3.13 bits per heavy atom. The second kappa shape index (κ2) is 6.12. The fraction of sp³-hybridized carbons (Fsp3) is 0.333. The number of nitrogens with one attached hydrogen (secondary N) is 1. The smallest absolute Gasteiger partial charge is 0.409 e. The first-order chi connectivity index (χ1) is 7.13. The number of amides is 1. The number of aromatic nitrogens is 1. The van der Waals surface area contributed by atoms with E-state index in [0.717, 1.165) is 9.99 Å². The van der Waals surface area contributed by atoms with Crippen molar-refractivity contribution < 1.29 is 9.53 Å². The van der Waals surface area contributed by atoms with Crippen LogP contribution in [0.2, 0.25) is 5.15 Å². The van der Waals surface area contributed by atoms with Crippen molar-refractivity contribution in [3.8, 4) is 5.75 Å². The quantitative estimate of drug-likeness (QED) is 0.680. The molecule has 1 N–H and O–H groups in total. The lowest BCUT2D eigenvalue weighted by Gasteiger charge is -2.06. The second-order valence-electron chi connectivity index (χ2n) is 2.75. The van der Waals surface area contributed by atoms with E-state index in [9.17, 15) is 4.79 Å². The maximum absolute atomic E-state index is 11.2. The topological polar surface area (TPSA) is 51.2 Å². The van der Waals surface area contributed by atoms with Crippen LogP contribution in [0, 0.1) is 3.57 Å². The molecule has 0 aliphatic carbocycles. The van der Waals surface area contributed by atoms with E-state index in [4.69, 9.17) is 16.3 Å². The van der Waals surface area contributed by atoms with Crippen molar-refractivity contribution in [2.45, 2.75) is 13.3 Å². The zero-order valence-electron chi connectivity index (χ0n) is 8.09. The van der Waals surface area contributed by atoms with E-state index in [1.807, 2.05) is 29.5 Å². The molecule has 1 heterocycles. The molecule has 1 amide bonds. The number of hydrogen-bond donors (Lipinski definition) is 1. The summed E-state index contributed by atoms with van der Waals surface area (Å²) in [5.74, 6) is 0.421. The van der Waals surface area contributed by atoms with E-state index in [0.29, 0.717) is 17.4 Å². The lowest BCUT2D eigenvalue weighted by atomic mass is 10.4. The molecule has 0 fully saturated rings. The number of rotatable bonds is 3. The minimum Gasteiger partial charge on any atom is -0.409 e. The Balaban J connectivity index is 2.63. The number of carbonyl (C=O) groups is 1. The maximum atomic E-state index is 11.2. The standard InChI is InChI=1S/C9H10ClIN2O2/c1-2-3-12-9(14)15-7-4-8(10)13-5-6(7)11/h4-5H,2-3H2,1H3,(H,12,14). The molecule has 0 aromatic carbocycles. The summed E-state index contributed by atoms with van der Waals surface area (Å²) in [6.07, 6.45) is 1.94. The highest BCUT2D eigenvalue weighted by atomic mass is 127. The van der Waals surface area contributed by atoms with Crippen LogP contribution in [0.5, 0.6) is 5.75 Å². The van der Waals surface area contributed by atoms with Crippen LogP contribution in [0.15, 0.2) is 12.3 Å². The molecule has 0 aliphatic heterocycles. The van der Waals surface area contributed by atoms with Gasteiger partial charge in [0.2, 0.25) is 0 Å². The van der Waals surface area contributed by atoms with Gasteiger partial charge in [0.05, 0.1) is 3.57 Å². The summed E-state index contributed by atoms with van der Waals surface area (Å²) in [6.45, 7) is 2.56. The zero-order valence-corrected chi connectivity index (χ0v) is 11.0. The Morgan fingerprint density at radius 1 is 1.73 bits per heavy atom. The highest BCUT2D eigenvalue weighted by molar-refractivity contribution is 14.1. The van der Waals surface area contributed by atoms with E-state index in [2.05, 4.69) is 10.3 Å². The molecular weight excluding hydrogens is 330 g/mol. The van der Waals surface area contributed by atoms with Gasteiger partial charge in [0.25, 0.3) is 0 Å². The molecule has 1 aromatic heterocycles. The van der Waals surface area contributed by atoms with Gasteiger partial charge in [-0.15, -0.1) is 0 Å². The largest absolute Gasteiger partial charge is 0.412 e. The monoisotopic (exact) mass is 340 g/mol. The molecule has 0 bridgehead atoms. The third-order valence-corrected chi connectivity index (χ3v) is 2.53. The Kier molecular flexibility index (Phi) is 5.10. The highest BCUT2D eigenvalue weighted by Crippen LogP contribution is 2.22. The van der Waals surface area contributed by atoms with Crippen LogP contribution >= 0.6 is 34.2 Å². The third-order valence-electron chi connectivity index (χ3n) is 1.51. The van der Waals surface area contributed by atoms with Crippen LogP contribution in [0.25, 0.3) is 0 Å². The Bertz CT molecular complexity index is 360. The van der Waals surface area contributed by atoms with Gasteiger partial charge in [0, 0.05) is 18.8 Å². The van der Waals surface area contributed by atoms with Gasteiger partial charge in [0.15, 0.2) is 5.75 Å². The van der Waals surface area contributed by atoms with Crippen LogP contribution in [-0.2, 0) is 0 Å². The molecule has 4 nitrogen and oxygen atoms in total. The molecule has 0 radical (unpaired) electrons. The van der Waals surface area contributed by atoms with Crippen molar-refractivity contribution in [2.24, 2.45) is 0 Å². The van der Waals surface area contributed by atoms with Gasteiger partial charge >= 0.3 is 6.09 Å². The van der Waals surface area contributed by atoms with Crippen molar-refractivity contribution in [3.05, 3.63) is 21.0 Å². The van der Waals surface area contributed by atoms with Crippen molar-refractivity contribution in [1.82, 2.24) is 10.3 Å². The molecule has 0 spiro atoms. The van der Waals surface area contributed by atoms with Gasteiger partial charge in [-0.2, -0.15) is 0 Å². The number of hydrogen-bond acceptors (Lipinski definition) is 3. The van der Waals surface area contributed by atoms with Crippen LogP contribution in [0.3, 0.4) is 0 Å². The fourth-order valence-electron chi connectivity index (χ4n) is 0.838. The van der Waals surface area contributed by atoms with Gasteiger partial charge in [0.1, 0.15) is 5.15 Å². The molecule has 0 saturated carbocycles. The normalized spacial score (nSPS) is 9.80. The summed E-state index contributed by atoms with van der Waals surface area (Å²) in [4.78, 5) is 15.1. The molecule has 0 saturated heterocycles. The second-order valence-corrected chi connectivity index (χ2v) is 4.30. The van der Waals surface area contributed by atoms with Gasteiger partial charge in [-0.05, 0) is 29.0 Å². The molecule has 1 rings (SSSR count). The van der Waals surface area contributed by atoms with Crippen LogP contribution in [-0.4, -0.2) is 17.6 Å². The van der Waals surface area contributed by atoms with Crippen molar-refractivity contribution in [1.29, 1.82) is 0 Å². The number of nitrogens with zero attached hydrogens (tertiary/aromatic N) is 1. The molecule has 1 aromatic rings. The van der Waals surface area contributed by atoms with Crippen molar-refractivity contribution >= 4 is 40.3 Å². The van der Waals surface area contributed by atoms with Gasteiger partial charge in [-0.1, -0.05) is 18.5 Å². The Hall–Kier alpha value is -0.560. The minimum atomic E-state index is -0.475. The lowest BCUT2D eigenvalue weighted by molar-refractivity contribution is 0.200. The van der Waals surface area contributed by atoms with Crippen LogP contribution in [0.1, 0.15) is 13.3 Å². The molecular formula is C9H10ClIN2O2. The molecule has 0 aliphatic rings. The van der Waals surface area contributed by atoms with Crippen LogP contribution < -0.4 is 10.1 Å². The summed E-state index contributed by atoms with van der Waals surface area (Å²) in [7, 11) is 0.